The minimum absolute atomic E-state index is 0.133. The SMILES string of the molecule is [B]P(C)O[C@H](C=C)[C@@H](OC)C(C(=O)C=C)=C(C)CCCC(C)C. The summed E-state index contributed by atoms with van der Waals surface area (Å²) < 4.78 is 11.3. The quantitative estimate of drug-likeness (QED) is 0.226. The van der Waals surface area contributed by atoms with E-state index in [2.05, 4.69) is 27.0 Å². The average Bonchev–Trinajstić information content (AvgIpc) is 2.48. The number of ether oxygens (including phenoxy) is 1. The predicted octanol–water partition coefficient (Wildman–Crippen LogP) is 4.58. The zero-order valence-corrected chi connectivity index (χ0v) is 16.1. The molecule has 0 amide bonds. The van der Waals surface area contributed by atoms with Gasteiger partial charge in [-0.1, -0.05) is 38.5 Å². The monoisotopic (exact) mass is 336 g/mol. The van der Waals surface area contributed by atoms with Crippen molar-refractivity contribution in [2.24, 2.45) is 5.92 Å². The van der Waals surface area contributed by atoms with E-state index < -0.39 is 20.2 Å². The fraction of sp³-hybridized carbons (Fsp3) is 0.611. The van der Waals surface area contributed by atoms with Crippen molar-refractivity contribution in [3.63, 3.8) is 0 Å². The summed E-state index contributed by atoms with van der Waals surface area (Å²) in [5, 5.41) is 0. The molecular formula is C18H30BO3P. The van der Waals surface area contributed by atoms with E-state index in [1.807, 2.05) is 6.92 Å². The number of methoxy groups -OCH3 is 1. The molecule has 0 aliphatic heterocycles. The molecule has 0 aliphatic carbocycles. The summed E-state index contributed by atoms with van der Waals surface area (Å²) in [4.78, 5) is 12.4. The van der Waals surface area contributed by atoms with Crippen LogP contribution in [-0.2, 0) is 14.1 Å². The summed E-state index contributed by atoms with van der Waals surface area (Å²) in [6.45, 7) is 15.6. The zero-order valence-electron chi connectivity index (χ0n) is 15.2. The van der Waals surface area contributed by atoms with Gasteiger partial charge in [-0.3, -0.25) is 4.79 Å². The lowest BCUT2D eigenvalue weighted by atomic mass is 9.92. The number of ketones is 1. The topological polar surface area (TPSA) is 35.5 Å². The Morgan fingerprint density at radius 2 is 1.96 bits per heavy atom. The molecule has 0 saturated heterocycles. The first-order chi connectivity index (χ1) is 10.8. The molecule has 5 heteroatoms. The first-order valence-electron chi connectivity index (χ1n) is 7.95. The second kappa shape index (κ2) is 11.8. The van der Waals surface area contributed by atoms with Crippen LogP contribution in [0.5, 0.6) is 0 Å². The van der Waals surface area contributed by atoms with Gasteiger partial charge >= 0.3 is 0 Å². The highest BCUT2D eigenvalue weighted by molar-refractivity contribution is 7.77. The molecular weight excluding hydrogens is 306 g/mol. The maximum Gasteiger partial charge on any atom is 0.183 e. The Bertz CT molecular complexity index is 430. The summed E-state index contributed by atoms with van der Waals surface area (Å²) in [5.41, 5.74) is 1.61. The highest BCUT2D eigenvalue weighted by Crippen LogP contribution is 2.32. The van der Waals surface area contributed by atoms with Crippen LogP contribution in [0, 0.1) is 5.92 Å². The Kier molecular flexibility index (Phi) is 11.4. The Morgan fingerprint density at radius 3 is 2.35 bits per heavy atom. The molecule has 0 aromatic heterocycles. The van der Waals surface area contributed by atoms with Crippen LogP contribution >= 0.6 is 8.03 Å². The van der Waals surface area contributed by atoms with Crippen LogP contribution in [0.3, 0.4) is 0 Å². The second-order valence-electron chi connectivity index (χ2n) is 6.06. The lowest BCUT2D eigenvalue weighted by Gasteiger charge is -2.28. The van der Waals surface area contributed by atoms with Gasteiger partial charge in [0, 0.05) is 12.7 Å². The second-order valence-corrected chi connectivity index (χ2v) is 7.36. The maximum absolute atomic E-state index is 12.4. The molecule has 0 N–H and O–H groups in total. The van der Waals surface area contributed by atoms with E-state index in [4.69, 9.17) is 16.8 Å². The Balaban J connectivity index is 5.49. The molecule has 0 aliphatic rings. The van der Waals surface area contributed by atoms with Gasteiger partial charge in [0.2, 0.25) is 0 Å². The van der Waals surface area contributed by atoms with Crippen LogP contribution in [0.25, 0.3) is 0 Å². The number of allylic oxidation sites excluding steroid dienone is 2. The summed E-state index contributed by atoms with van der Waals surface area (Å²) in [7, 11) is 6.26. The van der Waals surface area contributed by atoms with Crippen molar-refractivity contribution in [3.05, 3.63) is 36.5 Å². The largest absolute Gasteiger partial charge is 0.374 e. The smallest absolute Gasteiger partial charge is 0.183 e. The van der Waals surface area contributed by atoms with Crippen LogP contribution in [0.4, 0.5) is 0 Å². The third-order valence-corrected chi connectivity index (χ3v) is 4.18. The molecule has 0 heterocycles. The van der Waals surface area contributed by atoms with Gasteiger partial charge in [0.15, 0.2) is 5.78 Å². The van der Waals surface area contributed by atoms with E-state index in [0.29, 0.717) is 11.5 Å². The van der Waals surface area contributed by atoms with Crippen molar-refractivity contribution in [1.29, 1.82) is 0 Å². The summed E-state index contributed by atoms with van der Waals surface area (Å²) in [6.07, 6.45) is 4.98. The molecule has 3 atom stereocenters. The normalized spacial score (nSPS) is 16.4. The van der Waals surface area contributed by atoms with Crippen molar-refractivity contribution >= 4 is 21.4 Å². The molecule has 0 spiro atoms. The first-order valence-corrected chi connectivity index (χ1v) is 9.72. The number of carbonyl (C=O) groups is 1. The molecule has 0 fully saturated rings. The maximum atomic E-state index is 12.4. The summed E-state index contributed by atoms with van der Waals surface area (Å²) in [6, 6.07) is 0. The van der Waals surface area contributed by atoms with Crippen molar-refractivity contribution in [2.45, 2.75) is 52.2 Å². The minimum atomic E-state index is -1.08. The molecule has 3 nitrogen and oxygen atoms in total. The third-order valence-electron chi connectivity index (χ3n) is 3.60. The van der Waals surface area contributed by atoms with E-state index >= 15 is 0 Å². The van der Waals surface area contributed by atoms with Crippen LogP contribution in [0.2, 0.25) is 0 Å². The Labute approximate surface area is 144 Å². The van der Waals surface area contributed by atoms with Gasteiger partial charge in [-0.25, -0.2) is 0 Å². The highest BCUT2D eigenvalue weighted by Gasteiger charge is 2.29. The van der Waals surface area contributed by atoms with Crippen LogP contribution < -0.4 is 0 Å². The minimum Gasteiger partial charge on any atom is -0.374 e. The number of hydrogen-bond donors (Lipinski definition) is 0. The van der Waals surface area contributed by atoms with Gasteiger partial charge in [-0.05, 0) is 46.5 Å². The van der Waals surface area contributed by atoms with Crippen molar-refractivity contribution in [3.8, 4) is 0 Å². The van der Waals surface area contributed by atoms with E-state index in [0.717, 1.165) is 24.8 Å². The molecule has 0 rings (SSSR count). The van der Waals surface area contributed by atoms with Crippen molar-refractivity contribution in [1.82, 2.24) is 0 Å². The fourth-order valence-corrected chi connectivity index (χ4v) is 3.02. The van der Waals surface area contributed by atoms with E-state index in [1.165, 1.54) is 6.08 Å². The van der Waals surface area contributed by atoms with Gasteiger partial charge in [-0.2, -0.15) is 0 Å². The molecule has 0 saturated carbocycles. The average molecular weight is 336 g/mol. The van der Waals surface area contributed by atoms with Gasteiger partial charge in [0.1, 0.15) is 19.8 Å². The third kappa shape index (κ3) is 8.10. The summed E-state index contributed by atoms with van der Waals surface area (Å²) >= 11 is 0. The van der Waals surface area contributed by atoms with E-state index in [1.54, 1.807) is 19.9 Å². The van der Waals surface area contributed by atoms with Gasteiger partial charge in [-0.15, -0.1) is 6.58 Å². The van der Waals surface area contributed by atoms with Gasteiger partial charge < -0.3 is 9.26 Å². The molecule has 0 bridgehead atoms. The van der Waals surface area contributed by atoms with Crippen LogP contribution in [0.15, 0.2) is 36.5 Å². The lowest BCUT2D eigenvalue weighted by molar-refractivity contribution is -0.113. The molecule has 23 heavy (non-hydrogen) atoms. The van der Waals surface area contributed by atoms with Crippen LogP contribution in [0.1, 0.15) is 40.0 Å². The number of hydrogen-bond acceptors (Lipinski definition) is 3. The van der Waals surface area contributed by atoms with Crippen molar-refractivity contribution in [2.75, 3.05) is 13.8 Å². The number of carbonyl (C=O) groups excluding carboxylic acids is 1. The lowest BCUT2D eigenvalue weighted by Crippen LogP contribution is -2.33. The Morgan fingerprint density at radius 1 is 1.35 bits per heavy atom. The van der Waals surface area contributed by atoms with Crippen LogP contribution in [-0.4, -0.2) is 39.3 Å². The molecule has 1 unspecified atom stereocenters. The standard InChI is InChI=1S/C18H30BO3P/c1-8-15(20)17(14(5)12-10-11-13(3)4)18(21-6)16(9-2)22-23(7)19/h8-9,13,16,18H,1-2,10-12H2,3-7H3/t16-,18-,23?/m1/s1. The molecule has 0 aromatic rings. The van der Waals surface area contributed by atoms with E-state index in [-0.39, 0.29) is 5.78 Å². The zero-order chi connectivity index (χ0) is 18.0. The van der Waals surface area contributed by atoms with Crippen molar-refractivity contribution < 1.29 is 14.1 Å². The number of rotatable bonds is 12. The predicted molar refractivity (Wildman–Crippen MR) is 101 cm³/mol. The molecule has 128 valence electrons. The van der Waals surface area contributed by atoms with E-state index in [9.17, 15) is 4.79 Å². The molecule has 0 aromatic carbocycles. The molecule has 2 radical (unpaired) electrons. The van der Waals surface area contributed by atoms with Gasteiger partial charge in [0.05, 0.1) is 0 Å². The summed E-state index contributed by atoms with van der Waals surface area (Å²) in [5.74, 6) is 0.511. The first kappa shape index (κ1) is 22.3. The highest BCUT2D eigenvalue weighted by atomic mass is 31.1. The Hall–Kier alpha value is -0.695. The fourth-order valence-electron chi connectivity index (χ4n) is 2.44. The van der Waals surface area contributed by atoms with Gasteiger partial charge in [0.25, 0.3) is 0 Å².